The fraction of sp³-hybridized carbons (Fsp3) is 1.00. The third kappa shape index (κ3) is 12.8. The van der Waals surface area contributed by atoms with E-state index in [9.17, 15) is 40.9 Å². The fourth-order valence-electron chi connectivity index (χ4n) is 7.73. The van der Waals surface area contributed by atoms with Gasteiger partial charge in [-0.25, -0.2) is 0 Å². The number of hydrogen-bond donors (Lipinski definition) is 18. The number of nitrogens with two attached hydrogens (primary N) is 8. The molecule has 58 heavy (non-hydrogen) atoms. The minimum atomic E-state index is -1.38. The highest BCUT2D eigenvalue weighted by Crippen LogP contribution is 2.30. The largest absolute Gasteiger partial charge is 0.389 e. The van der Waals surface area contributed by atoms with Crippen LogP contribution in [0, 0.1) is 0 Å². The van der Waals surface area contributed by atoms with Crippen LogP contribution in [0.15, 0.2) is 0 Å². The summed E-state index contributed by atoms with van der Waals surface area (Å²) in [5.74, 6) is 0. The number of unbranched alkanes of at least 4 members (excludes halogenated alkanes) is 1. The molecule has 2 saturated carbocycles. The van der Waals surface area contributed by atoms with Crippen LogP contribution in [0.25, 0.3) is 0 Å². The highest BCUT2D eigenvalue weighted by molar-refractivity contribution is 5.02. The molecule has 22 atom stereocenters. The smallest absolute Gasteiger partial charge is 0.176 e. The molecule has 342 valence electrons. The van der Waals surface area contributed by atoms with Gasteiger partial charge in [-0.1, -0.05) is 0 Å². The Morgan fingerprint density at radius 2 is 0.879 bits per heavy atom. The maximum atomic E-state index is 10.9. The van der Waals surface area contributed by atoms with Gasteiger partial charge in [-0.2, -0.15) is 0 Å². The van der Waals surface area contributed by atoms with Crippen LogP contribution in [0.5, 0.6) is 0 Å². The van der Waals surface area contributed by atoms with Crippen molar-refractivity contribution in [2.45, 2.75) is 160 Å². The molecule has 0 bridgehead atoms. The van der Waals surface area contributed by atoms with E-state index in [1.165, 1.54) is 0 Å². The van der Waals surface area contributed by atoms with Crippen molar-refractivity contribution in [3.8, 4) is 0 Å². The molecule has 2 aliphatic carbocycles. The van der Waals surface area contributed by atoms with Gasteiger partial charge in [0, 0.05) is 50.3 Å². The number of aliphatic hydroxyl groups is 8. The van der Waals surface area contributed by atoms with Crippen molar-refractivity contribution < 1.29 is 69.3 Å². The lowest BCUT2D eigenvalue weighted by Gasteiger charge is -2.47. The van der Waals surface area contributed by atoms with E-state index in [2.05, 4.69) is 10.6 Å². The van der Waals surface area contributed by atoms with Crippen molar-refractivity contribution >= 4 is 0 Å². The number of aliphatic hydroxyl groups excluding tert-OH is 8. The summed E-state index contributed by atoms with van der Waals surface area (Å²) in [6.45, 7) is 0.886. The molecule has 0 radical (unpaired) electrons. The van der Waals surface area contributed by atoms with Gasteiger partial charge in [-0.3, -0.25) is 0 Å². The molecule has 24 heteroatoms. The molecule has 2 saturated heterocycles. The highest BCUT2D eigenvalue weighted by Gasteiger charge is 2.50. The Kier molecular flexibility index (Phi) is 20.1. The normalized spacial score (nSPS) is 44.9. The number of nitrogens with one attached hydrogen (secondary N) is 2. The standard InChI is InChI=1S/C34H72N10O14/c35-7-19-25(49)27(51)21(41)33(55-19)57-29-17(39)5-15(37)23(47)31(29)53-11-13(45)9-43-3-1-2-4-44-10-14(46)12-54-32-24(48)16(38)6-18(40)30(32)58-34-22(42)28(52)26(50)20(8-36)56-34/h13-34,43-52H,1-12,35-42H2/t13?,14?,15-,16-,17+,18+,19-,20-,21-,22-,23+,24+,25-,26-,27-,28-,29-,30-,31-,32-,33-,34-/m1/s1. The topological polar surface area (TPSA) is 449 Å². The summed E-state index contributed by atoms with van der Waals surface area (Å²) >= 11 is 0. The van der Waals surface area contributed by atoms with E-state index in [-0.39, 0.29) is 52.2 Å². The molecular weight excluding hydrogens is 772 g/mol. The van der Waals surface area contributed by atoms with Gasteiger partial charge in [0.15, 0.2) is 12.6 Å². The van der Waals surface area contributed by atoms with Gasteiger partial charge in [-0.05, 0) is 38.8 Å². The van der Waals surface area contributed by atoms with Crippen molar-refractivity contribution in [3.05, 3.63) is 0 Å². The van der Waals surface area contributed by atoms with Crippen molar-refractivity contribution in [1.82, 2.24) is 10.6 Å². The number of hydrogen-bond acceptors (Lipinski definition) is 24. The maximum Gasteiger partial charge on any atom is 0.176 e. The van der Waals surface area contributed by atoms with Gasteiger partial charge in [0.2, 0.25) is 0 Å². The summed E-state index contributed by atoms with van der Waals surface area (Å²) in [6, 6.07) is -5.13. The second-order valence-corrected chi connectivity index (χ2v) is 16.0. The molecule has 0 aromatic carbocycles. The Morgan fingerprint density at radius 3 is 1.22 bits per heavy atom. The Labute approximate surface area is 338 Å². The molecule has 4 aliphatic rings. The number of ether oxygens (including phenoxy) is 6. The molecule has 2 heterocycles. The molecule has 0 aromatic rings. The molecule has 26 N–H and O–H groups in total. The van der Waals surface area contributed by atoms with Crippen LogP contribution < -0.4 is 56.5 Å². The highest BCUT2D eigenvalue weighted by atomic mass is 16.7. The summed E-state index contributed by atoms with van der Waals surface area (Å²) in [7, 11) is 0. The number of rotatable bonds is 21. The zero-order valence-electron chi connectivity index (χ0n) is 32.8. The Morgan fingerprint density at radius 1 is 0.517 bits per heavy atom. The molecule has 2 aliphatic heterocycles. The van der Waals surface area contributed by atoms with E-state index in [1.54, 1.807) is 0 Å². The van der Waals surface area contributed by atoms with Crippen LogP contribution in [-0.2, 0) is 28.4 Å². The minimum absolute atomic E-state index is 0.103. The lowest BCUT2D eigenvalue weighted by atomic mass is 9.84. The van der Waals surface area contributed by atoms with E-state index in [0.29, 0.717) is 13.1 Å². The Hall–Kier alpha value is -0.960. The van der Waals surface area contributed by atoms with Crippen molar-refractivity contribution in [2.75, 3.05) is 52.5 Å². The molecule has 0 aromatic heterocycles. The van der Waals surface area contributed by atoms with Crippen LogP contribution >= 0.6 is 0 Å². The van der Waals surface area contributed by atoms with Crippen LogP contribution in [-0.4, -0.2) is 228 Å². The van der Waals surface area contributed by atoms with E-state index >= 15 is 0 Å². The maximum absolute atomic E-state index is 10.9. The van der Waals surface area contributed by atoms with Crippen molar-refractivity contribution in [1.29, 1.82) is 0 Å². The lowest BCUT2D eigenvalue weighted by Crippen LogP contribution is -2.68. The van der Waals surface area contributed by atoms with E-state index in [4.69, 9.17) is 74.3 Å². The molecular formula is C34H72N10O14. The first kappa shape index (κ1) is 49.7. The van der Waals surface area contributed by atoms with E-state index in [0.717, 1.165) is 12.8 Å². The first-order valence-corrected chi connectivity index (χ1v) is 20.1. The zero-order valence-corrected chi connectivity index (χ0v) is 32.8. The quantitative estimate of drug-likeness (QED) is 0.0477. The zero-order chi connectivity index (χ0) is 42.8. The minimum Gasteiger partial charge on any atom is -0.389 e. The SMILES string of the molecule is NC[C@H]1O[C@H](O[C@H]2[C@H](OCC(O)CNCCCCNCC(O)CO[C@@H]3[C@@H](O)[C@H](N)C[C@H](N)[C@H]3O[C@H]3O[C@H](CN)[C@@H](O)[C@H](O)[C@H]3N)[C@@H](O)[C@H](N)C[C@@H]2N)[C@H](N)[C@@H](O)[C@@H]1O. The molecule has 0 amide bonds. The first-order chi connectivity index (χ1) is 27.5. The summed E-state index contributed by atoms with van der Waals surface area (Å²) in [5.41, 5.74) is 48.3. The Balaban J connectivity index is 1.13. The van der Waals surface area contributed by atoms with Gasteiger partial charge in [-0.15, -0.1) is 0 Å². The molecule has 4 rings (SSSR count). The van der Waals surface area contributed by atoms with Crippen LogP contribution in [0.4, 0.5) is 0 Å². The van der Waals surface area contributed by atoms with Gasteiger partial charge in [0.05, 0.1) is 49.7 Å². The predicted molar refractivity (Wildman–Crippen MR) is 205 cm³/mol. The average Bonchev–Trinajstić information content (AvgIpc) is 3.19. The molecule has 2 unspecified atom stereocenters. The summed E-state index contributed by atoms with van der Waals surface area (Å²) in [5, 5.41) is 90.3. The molecule has 0 spiro atoms. The molecule has 4 fully saturated rings. The van der Waals surface area contributed by atoms with Crippen LogP contribution in [0.1, 0.15) is 25.7 Å². The lowest BCUT2D eigenvalue weighted by molar-refractivity contribution is -0.292. The van der Waals surface area contributed by atoms with Gasteiger partial charge in [0.1, 0.15) is 61.0 Å². The monoisotopic (exact) mass is 845 g/mol. The Bertz CT molecular complexity index is 1100. The summed E-state index contributed by atoms with van der Waals surface area (Å²) in [6.07, 6.45) is -16.2. The van der Waals surface area contributed by atoms with Crippen LogP contribution in [0.2, 0.25) is 0 Å². The van der Waals surface area contributed by atoms with Crippen molar-refractivity contribution in [3.63, 3.8) is 0 Å². The molecule has 24 nitrogen and oxygen atoms in total. The average molecular weight is 845 g/mol. The van der Waals surface area contributed by atoms with Gasteiger partial charge < -0.3 is 126 Å². The van der Waals surface area contributed by atoms with E-state index < -0.39 is 134 Å². The van der Waals surface area contributed by atoms with E-state index in [1.807, 2.05) is 0 Å². The second kappa shape index (κ2) is 23.5. The summed E-state index contributed by atoms with van der Waals surface area (Å²) < 4.78 is 35.2. The van der Waals surface area contributed by atoms with Gasteiger partial charge in [0.25, 0.3) is 0 Å². The van der Waals surface area contributed by atoms with Crippen molar-refractivity contribution in [2.24, 2.45) is 45.9 Å². The second-order valence-electron chi connectivity index (χ2n) is 16.0. The fourth-order valence-corrected chi connectivity index (χ4v) is 7.73. The van der Waals surface area contributed by atoms with Gasteiger partial charge >= 0.3 is 0 Å². The summed E-state index contributed by atoms with van der Waals surface area (Å²) in [4.78, 5) is 0. The third-order valence-electron chi connectivity index (χ3n) is 11.4. The van der Waals surface area contributed by atoms with Crippen LogP contribution in [0.3, 0.4) is 0 Å². The predicted octanol–water partition coefficient (Wildman–Crippen LogP) is -10.5. The first-order valence-electron chi connectivity index (χ1n) is 20.1. The third-order valence-corrected chi connectivity index (χ3v) is 11.4.